The highest BCUT2D eigenvalue weighted by molar-refractivity contribution is 5.92. The third-order valence-electron chi connectivity index (χ3n) is 2.25. The number of amides is 1. The number of nitrogens with two attached hydrogens (primary N) is 1. The number of carbonyl (C=O) groups is 1. The Balaban J connectivity index is 2.92. The maximum absolute atomic E-state index is 12.4. The molecule has 1 rings (SSSR count). The van der Waals surface area contributed by atoms with Crippen LogP contribution in [0.1, 0.15) is 24.3 Å². The first-order valence-electron chi connectivity index (χ1n) is 5.41. The maximum atomic E-state index is 12.4. The van der Waals surface area contributed by atoms with Crippen LogP contribution in [-0.2, 0) is 0 Å². The van der Waals surface area contributed by atoms with Crippen LogP contribution in [0, 0.1) is 0 Å². The summed E-state index contributed by atoms with van der Waals surface area (Å²) in [6.07, 6.45) is -2.23. The quantitative estimate of drug-likeness (QED) is 0.637. The number of nitrogens with zero attached hydrogens (tertiary/aromatic N) is 3. The van der Waals surface area contributed by atoms with Crippen molar-refractivity contribution < 1.29 is 18.0 Å². The Morgan fingerprint density at radius 1 is 1.42 bits per heavy atom. The van der Waals surface area contributed by atoms with Gasteiger partial charge in [0.25, 0.3) is 5.91 Å². The van der Waals surface area contributed by atoms with E-state index in [4.69, 9.17) is 5.84 Å². The zero-order valence-corrected chi connectivity index (χ0v) is 10.4. The van der Waals surface area contributed by atoms with Gasteiger partial charge in [-0.25, -0.2) is 15.8 Å². The molecule has 0 bridgehead atoms. The third-order valence-corrected chi connectivity index (χ3v) is 2.25. The van der Waals surface area contributed by atoms with Crippen LogP contribution in [-0.4, -0.2) is 39.5 Å². The lowest BCUT2D eigenvalue weighted by atomic mass is 10.2. The minimum absolute atomic E-state index is 0.169. The Kier molecular flexibility index (Phi) is 4.65. The average Bonchev–Trinajstić information content (AvgIpc) is 2.34. The molecule has 0 saturated carbocycles. The van der Waals surface area contributed by atoms with Gasteiger partial charge in [0.15, 0.2) is 5.82 Å². The molecule has 19 heavy (non-hydrogen) atoms. The third kappa shape index (κ3) is 4.36. The van der Waals surface area contributed by atoms with E-state index in [0.717, 1.165) is 6.20 Å². The molecule has 1 aromatic rings. The highest BCUT2D eigenvalue weighted by Crippen LogP contribution is 2.19. The Bertz CT molecular complexity index is 432. The van der Waals surface area contributed by atoms with Crippen molar-refractivity contribution in [2.45, 2.75) is 26.1 Å². The number of aromatic nitrogens is 2. The number of hydrazine groups is 1. The van der Waals surface area contributed by atoms with Crippen molar-refractivity contribution in [3.63, 3.8) is 0 Å². The van der Waals surface area contributed by atoms with Crippen LogP contribution in [0.15, 0.2) is 12.4 Å². The van der Waals surface area contributed by atoms with E-state index in [0.29, 0.717) is 4.90 Å². The lowest BCUT2D eigenvalue weighted by molar-refractivity contribution is -0.143. The zero-order valence-electron chi connectivity index (χ0n) is 10.4. The van der Waals surface area contributed by atoms with Gasteiger partial charge in [0.05, 0.1) is 12.4 Å². The average molecular weight is 277 g/mol. The first-order valence-corrected chi connectivity index (χ1v) is 5.41. The van der Waals surface area contributed by atoms with Crippen LogP contribution in [0.25, 0.3) is 0 Å². The second-order valence-electron chi connectivity index (χ2n) is 4.07. The van der Waals surface area contributed by atoms with Gasteiger partial charge in [-0.05, 0) is 13.8 Å². The number of hydrogen-bond donors (Lipinski definition) is 2. The van der Waals surface area contributed by atoms with E-state index < -0.39 is 24.7 Å². The monoisotopic (exact) mass is 277 g/mol. The van der Waals surface area contributed by atoms with Gasteiger partial charge >= 0.3 is 6.18 Å². The summed E-state index contributed by atoms with van der Waals surface area (Å²) >= 11 is 0. The molecule has 0 saturated heterocycles. The van der Waals surface area contributed by atoms with Crippen LogP contribution in [0.5, 0.6) is 0 Å². The second-order valence-corrected chi connectivity index (χ2v) is 4.07. The lowest BCUT2D eigenvalue weighted by Crippen LogP contribution is -2.43. The topological polar surface area (TPSA) is 84.1 Å². The molecule has 0 spiro atoms. The molecule has 106 valence electrons. The molecular weight excluding hydrogens is 263 g/mol. The number of carbonyl (C=O) groups excluding carboxylic acids is 1. The molecule has 6 nitrogen and oxygen atoms in total. The van der Waals surface area contributed by atoms with Gasteiger partial charge < -0.3 is 10.3 Å². The second kappa shape index (κ2) is 5.83. The lowest BCUT2D eigenvalue weighted by Gasteiger charge is -2.27. The van der Waals surface area contributed by atoms with Gasteiger partial charge in [-0.2, -0.15) is 13.2 Å². The van der Waals surface area contributed by atoms with Crippen molar-refractivity contribution in [2.24, 2.45) is 5.84 Å². The predicted octanol–water partition coefficient (Wildman–Crippen LogP) is 1.18. The highest BCUT2D eigenvalue weighted by Gasteiger charge is 2.35. The summed E-state index contributed by atoms with van der Waals surface area (Å²) in [5.74, 6) is 4.45. The standard InChI is InChI=1S/C10H14F3N5O/c1-6(2)18(5-10(11,12)13)9(19)7-3-16-8(17-14)4-15-7/h3-4,6H,5,14H2,1-2H3,(H,16,17). The molecular formula is C10H14F3N5O. The molecule has 0 unspecified atom stereocenters. The largest absolute Gasteiger partial charge is 0.406 e. The first kappa shape index (κ1) is 15.2. The summed E-state index contributed by atoms with van der Waals surface area (Å²) in [6.45, 7) is 1.65. The van der Waals surface area contributed by atoms with Crippen LogP contribution < -0.4 is 11.3 Å². The number of rotatable bonds is 4. The minimum Gasteiger partial charge on any atom is -0.326 e. The summed E-state index contributed by atoms with van der Waals surface area (Å²) in [4.78, 5) is 20.1. The normalized spacial score (nSPS) is 11.5. The van der Waals surface area contributed by atoms with Crippen molar-refractivity contribution in [2.75, 3.05) is 12.0 Å². The molecule has 0 radical (unpaired) electrons. The highest BCUT2D eigenvalue weighted by atomic mass is 19.4. The van der Waals surface area contributed by atoms with E-state index in [1.54, 1.807) is 0 Å². The van der Waals surface area contributed by atoms with Crippen molar-refractivity contribution in [3.8, 4) is 0 Å². The van der Waals surface area contributed by atoms with Gasteiger partial charge in [-0.15, -0.1) is 0 Å². The van der Waals surface area contributed by atoms with E-state index in [1.807, 2.05) is 0 Å². The number of nitrogen functional groups attached to an aromatic ring is 1. The van der Waals surface area contributed by atoms with Gasteiger partial charge in [0.1, 0.15) is 12.2 Å². The summed E-state index contributed by atoms with van der Waals surface area (Å²) < 4.78 is 37.2. The molecule has 1 amide bonds. The van der Waals surface area contributed by atoms with Gasteiger partial charge in [0.2, 0.25) is 0 Å². The molecule has 0 fully saturated rings. The SMILES string of the molecule is CC(C)N(CC(F)(F)F)C(=O)c1cnc(NN)cn1. The van der Waals surface area contributed by atoms with Crippen LogP contribution in [0.3, 0.4) is 0 Å². The Morgan fingerprint density at radius 2 is 2.05 bits per heavy atom. The summed E-state index contributed by atoms with van der Waals surface area (Å²) in [5.41, 5.74) is 2.04. The van der Waals surface area contributed by atoms with Crippen molar-refractivity contribution >= 4 is 11.7 Å². The van der Waals surface area contributed by atoms with E-state index in [-0.39, 0.29) is 11.5 Å². The van der Waals surface area contributed by atoms with Crippen LogP contribution in [0.2, 0.25) is 0 Å². The summed E-state index contributed by atoms with van der Waals surface area (Å²) in [6, 6.07) is -0.608. The Hall–Kier alpha value is -1.90. The van der Waals surface area contributed by atoms with E-state index in [2.05, 4.69) is 15.4 Å². The van der Waals surface area contributed by atoms with Crippen molar-refractivity contribution in [1.29, 1.82) is 0 Å². The Morgan fingerprint density at radius 3 is 2.42 bits per heavy atom. The van der Waals surface area contributed by atoms with Gasteiger partial charge in [-0.3, -0.25) is 4.79 Å². The molecule has 3 N–H and O–H groups in total. The molecule has 0 aliphatic carbocycles. The summed E-state index contributed by atoms with van der Waals surface area (Å²) in [5, 5.41) is 0. The first-order chi connectivity index (χ1) is 8.74. The fourth-order valence-electron chi connectivity index (χ4n) is 1.34. The van der Waals surface area contributed by atoms with Crippen LogP contribution in [0.4, 0.5) is 19.0 Å². The molecule has 1 heterocycles. The van der Waals surface area contributed by atoms with Crippen molar-refractivity contribution in [1.82, 2.24) is 14.9 Å². The number of nitrogens with one attached hydrogen (secondary N) is 1. The van der Waals surface area contributed by atoms with E-state index in [9.17, 15) is 18.0 Å². The van der Waals surface area contributed by atoms with E-state index in [1.165, 1.54) is 20.0 Å². The fraction of sp³-hybridized carbons (Fsp3) is 0.500. The molecule has 0 aliphatic heterocycles. The van der Waals surface area contributed by atoms with Gasteiger partial charge in [-0.1, -0.05) is 0 Å². The molecule has 0 aromatic carbocycles. The summed E-state index contributed by atoms with van der Waals surface area (Å²) in [7, 11) is 0. The number of hydrogen-bond acceptors (Lipinski definition) is 5. The van der Waals surface area contributed by atoms with E-state index >= 15 is 0 Å². The Labute approximate surface area is 107 Å². The van der Waals surface area contributed by atoms with Crippen molar-refractivity contribution in [3.05, 3.63) is 18.1 Å². The minimum atomic E-state index is -4.47. The molecule has 0 aliphatic rings. The van der Waals surface area contributed by atoms with Gasteiger partial charge in [0, 0.05) is 6.04 Å². The zero-order chi connectivity index (χ0) is 14.6. The number of halogens is 3. The maximum Gasteiger partial charge on any atom is 0.406 e. The fourth-order valence-corrected chi connectivity index (χ4v) is 1.34. The molecule has 9 heteroatoms. The smallest absolute Gasteiger partial charge is 0.326 e. The molecule has 1 aromatic heterocycles. The van der Waals surface area contributed by atoms with Crippen LogP contribution >= 0.6 is 0 Å². The number of anilines is 1. The predicted molar refractivity (Wildman–Crippen MR) is 62.1 cm³/mol. The number of alkyl halides is 3. The molecule has 0 atom stereocenters.